The minimum absolute atomic E-state index is 0.133. The molecule has 1 heterocycles. The van der Waals surface area contributed by atoms with Crippen LogP contribution < -0.4 is 20.1 Å². The third kappa shape index (κ3) is 5.55. The van der Waals surface area contributed by atoms with Crippen LogP contribution in [-0.4, -0.2) is 39.8 Å². The van der Waals surface area contributed by atoms with Gasteiger partial charge in [-0.15, -0.1) is 0 Å². The molecular weight excluding hydrogens is 382 g/mol. The number of nitrogens with one attached hydrogen (secondary N) is 2. The number of methoxy groups -OCH3 is 2. The van der Waals surface area contributed by atoms with E-state index in [1.54, 1.807) is 26.4 Å². The Labute approximate surface area is 178 Å². The van der Waals surface area contributed by atoms with E-state index in [2.05, 4.69) is 30.6 Å². The van der Waals surface area contributed by atoms with Gasteiger partial charge in [0.15, 0.2) is 17.3 Å². The quantitative estimate of drug-likeness (QED) is 0.517. The number of furan rings is 1. The van der Waals surface area contributed by atoms with Crippen molar-refractivity contribution in [2.75, 3.05) is 33.9 Å². The molecule has 0 aliphatic rings. The predicted molar refractivity (Wildman–Crippen MR) is 115 cm³/mol. The third-order valence-electron chi connectivity index (χ3n) is 5.34. The molecule has 0 bridgehead atoms. The molecule has 0 unspecified atom stereocenters. The van der Waals surface area contributed by atoms with Gasteiger partial charge in [-0.25, -0.2) is 0 Å². The number of nitriles is 1. The number of carbonyl (C=O) groups is 1. The van der Waals surface area contributed by atoms with Crippen LogP contribution in [0.4, 0.5) is 0 Å². The second kappa shape index (κ2) is 11.3. The molecule has 1 amide bonds. The van der Waals surface area contributed by atoms with Crippen molar-refractivity contribution in [1.82, 2.24) is 10.6 Å². The molecule has 2 rings (SSSR count). The Morgan fingerprint density at radius 1 is 1.17 bits per heavy atom. The molecule has 0 spiro atoms. The normalized spacial score (nSPS) is 12.8. The number of amides is 1. The molecule has 1 aromatic heterocycles. The molecule has 2 aromatic rings. The highest BCUT2D eigenvalue weighted by Crippen LogP contribution is 2.40. The van der Waals surface area contributed by atoms with Crippen LogP contribution in [0.1, 0.15) is 42.8 Å². The van der Waals surface area contributed by atoms with E-state index in [1.165, 1.54) is 6.26 Å². The van der Waals surface area contributed by atoms with Gasteiger partial charge in [-0.2, -0.15) is 5.26 Å². The lowest BCUT2D eigenvalue weighted by Gasteiger charge is -2.32. The van der Waals surface area contributed by atoms with Gasteiger partial charge in [-0.3, -0.25) is 4.79 Å². The van der Waals surface area contributed by atoms with Crippen LogP contribution in [0.25, 0.3) is 0 Å². The summed E-state index contributed by atoms with van der Waals surface area (Å²) < 4.78 is 15.8. The summed E-state index contributed by atoms with van der Waals surface area (Å²) in [6, 6.07) is 11.6. The van der Waals surface area contributed by atoms with Crippen molar-refractivity contribution >= 4 is 5.91 Å². The van der Waals surface area contributed by atoms with Gasteiger partial charge in [0.25, 0.3) is 5.91 Å². The van der Waals surface area contributed by atoms with Crippen molar-refractivity contribution in [3.63, 3.8) is 0 Å². The zero-order valence-corrected chi connectivity index (χ0v) is 18.2. The van der Waals surface area contributed by atoms with Gasteiger partial charge < -0.3 is 24.5 Å². The monoisotopic (exact) mass is 413 g/mol. The molecule has 7 nitrogen and oxygen atoms in total. The zero-order chi connectivity index (χ0) is 22.0. The topological polar surface area (TPSA) is 96.5 Å². The van der Waals surface area contributed by atoms with Gasteiger partial charge in [-0.05, 0) is 55.1 Å². The van der Waals surface area contributed by atoms with E-state index >= 15 is 0 Å². The number of hydrogen-bond donors (Lipinski definition) is 2. The number of nitrogens with zero attached hydrogens (tertiary/aromatic N) is 1. The van der Waals surface area contributed by atoms with E-state index in [9.17, 15) is 10.1 Å². The number of rotatable bonds is 12. The average Bonchev–Trinajstić information content (AvgIpc) is 3.30. The minimum atomic E-state index is -0.616. The summed E-state index contributed by atoms with van der Waals surface area (Å²) in [7, 11) is 3.19. The molecule has 0 aliphatic carbocycles. The first-order valence-electron chi connectivity index (χ1n) is 10.1. The van der Waals surface area contributed by atoms with Crippen molar-refractivity contribution in [3.8, 4) is 17.6 Å². The van der Waals surface area contributed by atoms with E-state index < -0.39 is 5.41 Å². The lowest BCUT2D eigenvalue weighted by atomic mass is 9.70. The van der Waals surface area contributed by atoms with Crippen molar-refractivity contribution in [2.45, 2.75) is 32.1 Å². The van der Waals surface area contributed by atoms with Crippen LogP contribution in [0.15, 0.2) is 41.0 Å². The summed E-state index contributed by atoms with van der Waals surface area (Å²) >= 11 is 0. The van der Waals surface area contributed by atoms with E-state index in [-0.39, 0.29) is 11.8 Å². The SMILES string of the molecule is COc1ccc([C@@](C#N)(CCCNCCNC(=O)c2ccco2)C(C)C)cc1OC. The first kappa shape index (κ1) is 23.3. The van der Waals surface area contributed by atoms with Gasteiger partial charge in [0.05, 0.1) is 32.0 Å². The maximum Gasteiger partial charge on any atom is 0.287 e. The molecule has 0 saturated heterocycles. The highest BCUT2D eigenvalue weighted by molar-refractivity contribution is 5.91. The highest BCUT2D eigenvalue weighted by Gasteiger charge is 2.36. The Bertz CT molecular complexity index is 843. The molecule has 0 fully saturated rings. The van der Waals surface area contributed by atoms with E-state index in [0.717, 1.165) is 18.5 Å². The Morgan fingerprint density at radius 2 is 1.93 bits per heavy atom. The van der Waals surface area contributed by atoms with E-state index in [1.807, 2.05) is 18.2 Å². The lowest BCUT2D eigenvalue weighted by Crippen LogP contribution is -2.34. The Kier molecular flexibility index (Phi) is 8.75. The molecule has 1 atom stereocenters. The molecule has 2 N–H and O–H groups in total. The summed E-state index contributed by atoms with van der Waals surface area (Å²) in [6.45, 7) is 6.03. The zero-order valence-electron chi connectivity index (χ0n) is 18.2. The van der Waals surface area contributed by atoms with Crippen LogP contribution in [0.5, 0.6) is 11.5 Å². The highest BCUT2D eigenvalue weighted by atomic mass is 16.5. The molecule has 162 valence electrons. The fraction of sp³-hybridized carbons (Fsp3) is 0.478. The average molecular weight is 414 g/mol. The number of carbonyl (C=O) groups excluding carboxylic acids is 1. The third-order valence-corrected chi connectivity index (χ3v) is 5.34. The molecule has 0 saturated carbocycles. The largest absolute Gasteiger partial charge is 0.493 e. The first-order valence-corrected chi connectivity index (χ1v) is 10.1. The number of ether oxygens (including phenoxy) is 2. The fourth-order valence-corrected chi connectivity index (χ4v) is 3.51. The van der Waals surface area contributed by atoms with Gasteiger partial charge in [0.1, 0.15) is 0 Å². The second-order valence-electron chi connectivity index (χ2n) is 7.39. The van der Waals surface area contributed by atoms with Crippen LogP contribution in [0, 0.1) is 17.2 Å². The van der Waals surface area contributed by atoms with E-state index in [4.69, 9.17) is 13.9 Å². The first-order chi connectivity index (χ1) is 14.5. The Hall–Kier alpha value is -2.98. The van der Waals surface area contributed by atoms with Gasteiger partial charge in [0.2, 0.25) is 0 Å². The van der Waals surface area contributed by atoms with Crippen molar-refractivity contribution in [3.05, 3.63) is 47.9 Å². The van der Waals surface area contributed by atoms with Crippen molar-refractivity contribution < 1.29 is 18.7 Å². The van der Waals surface area contributed by atoms with E-state index in [0.29, 0.717) is 36.8 Å². The minimum Gasteiger partial charge on any atom is -0.493 e. The second-order valence-corrected chi connectivity index (χ2v) is 7.39. The molecule has 0 aliphatic heterocycles. The summed E-state index contributed by atoms with van der Waals surface area (Å²) in [5.41, 5.74) is 0.317. The van der Waals surface area contributed by atoms with Crippen molar-refractivity contribution in [1.29, 1.82) is 5.26 Å². The standard InChI is InChI=1S/C23H31N3O4/c1-17(2)23(16-24,18-8-9-19(28-3)21(15-18)29-4)10-6-11-25-12-13-26-22(27)20-7-5-14-30-20/h5,7-9,14-15,17,25H,6,10-13H2,1-4H3,(H,26,27)/t23-/m1/s1. The van der Waals surface area contributed by atoms with Crippen molar-refractivity contribution in [2.24, 2.45) is 5.92 Å². The maximum atomic E-state index is 11.8. The molecule has 1 aromatic carbocycles. The summed E-state index contributed by atoms with van der Waals surface area (Å²) in [5.74, 6) is 1.49. The predicted octanol–water partition coefficient (Wildman–Crippen LogP) is 3.51. The van der Waals surface area contributed by atoms with Crippen LogP contribution in [0.2, 0.25) is 0 Å². The molecule has 0 radical (unpaired) electrons. The summed E-state index contributed by atoms with van der Waals surface area (Å²) in [4.78, 5) is 11.8. The number of benzene rings is 1. The molecular formula is C23H31N3O4. The lowest BCUT2D eigenvalue weighted by molar-refractivity contribution is 0.0926. The van der Waals surface area contributed by atoms with Crippen LogP contribution >= 0.6 is 0 Å². The smallest absolute Gasteiger partial charge is 0.287 e. The molecule has 7 heteroatoms. The Balaban J connectivity index is 1.88. The molecule has 30 heavy (non-hydrogen) atoms. The fourth-order valence-electron chi connectivity index (χ4n) is 3.51. The van der Waals surface area contributed by atoms with Gasteiger partial charge in [0, 0.05) is 13.1 Å². The summed E-state index contributed by atoms with van der Waals surface area (Å²) in [6.07, 6.45) is 3.01. The summed E-state index contributed by atoms with van der Waals surface area (Å²) in [5, 5.41) is 16.2. The van der Waals surface area contributed by atoms with Gasteiger partial charge >= 0.3 is 0 Å². The van der Waals surface area contributed by atoms with Crippen LogP contribution in [0.3, 0.4) is 0 Å². The Morgan fingerprint density at radius 3 is 2.53 bits per heavy atom. The number of hydrogen-bond acceptors (Lipinski definition) is 6. The maximum absolute atomic E-state index is 11.8. The van der Waals surface area contributed by atoms with Crippen LogP contribution in [-0.2, 0) is 5.41 Å². The van der Waals surface area contributed by atoms with Gasteiger partial charge in [-0.1, -0.05) is 19.9 Å².